The Morgan fingerprint density at radius 3 is 2.44 bits per heavy atom. The molecular weight excluding hydrogens is 458 g/mol. The van der Waals surface area contributed by atoms with E-state index in [4.69, 9.17) is 9.15 Å². The lowest BCUT2D eigenvalue weighted by molar-refractivity contribution is -0.116. The van der Waals surface area contributed by atoms with Gasteiger partial charge in [0, 0.05) is 24.3 Å². The third-order valence-corrected chi connectivity index (χ3v) is 6.31. The number of anilines is 2. The molecule has 3 rings (SSSR count). The average molecular weight is 486 g/mol. The molecule has 3 aromatic rings. The number of ether oxygens (including phenoxy) is 1. The number of rotatable bonds is 11. The van der Waals surface area contributed by atoms with E-state index in [-0.39, 0.29) is 28.9 Å². The summed E-state index contributed by atoms with van der Waals surface area (Å²) in [6, 6.07) is 14.5. The maximum Gasteiger partial charge on any atom is 0.286 e. The van der Waals surface area contributed by atoms with E-state index in [9.17, 15) is 18.0 Å². The summed E-state index contributed by atoms with van der Waals surface area (Å²) in [6.07, 6.45) is 1.97. The highest BCUT2D eigenvalue weighted by atomic mass is 32.2. The van der Waals surface area contributed by atoms with Crippen molar-refractivity contribution in [2.24, 2.45) is 0 Å². The maximum atomic E-state index is 12.9. The van der Waals surface area contributed by atoms with Crippen LogP contribution in [0.2, 0.25) is 0 Å². The molecule has 0 fully saturated rings. The molecular formula is C24H27N3O6S. The van der Waals surface area contributed by atoms with Gasteiger partial charge in [-0.3, -0.25) is 14.3 Å². The van der Waals surface area contributed by atoms with Gasteiger partial charge in [-0.05, 0) is 74.4 Å². The second kappa shape index (κ2) is 11.4. The quantitative estimate of drug-likeness (QED) is 0.353. The Balaban J connectivity index is 1.56. The monoisotopic (exact) mass is 485 g/mol. The molecule has 0 aliphatic heterocycles. The lowest BCUT2D eigenvalue weighted by Gasteiger charge is -2.13. The van der Waals surface area contributed by atoms with Gasteiger partial charge in [-0.25, -0.2) is 8.42 Å². The van der Waals surface area contributed by atoms with Gasteiger partial charge >= 0.3 is 0 Å². The highest BCUT2D eigenvalue weighted by molar-refractivity contribution is 7.92. The molecule has 0 aliphatic carbocycles. The van der Waals surface area contributed by atoms with Crippen molar-refractivity contribution in [3.05, 3.63) is 72.2 Å². The van der Waals surface area contributed by atoms with Crippen molar-refractivity contribution in [2.75, 3.05) is 23.2 Å². The van der Waals surface area contributed by atoms with Crippen LogP contribution in [0.15, 0.2) is 70.2 Å². The van der Waals surface area contributed by atoms with Crippen LogP contribution in [0.1, 0.15) is 35.9 Å². The number of sulfonamides is 1. The molecule has 0 atom stereocenters. The van der Waals surface area contributed by atoms with E-state index >= 15 is 0 Å². The van der Waals surface area contributed by atoms with Gasteiger partial charge in [0.05, 0.1) is 17.8 Å². The van der Waals surface area contributed by atoms with E-state index in [1.165, 1.54) is 12.3 Å². The number of nitrogens with one attached hydrogen (secondary N) is 3. The number of furan rings is 1. The predicted molar refractivity (Wildman–Crippen MR) is 129 cm³/mol. The fraction of sp³-hybridized carbons (Fsp3) is 0.250. The summed E-state index contributed by atoms with van der Waals surface area (Å²) in [5.41, 5.74) is 1.30. The van der Waals surface area contributed by atoms with E-state index in [2.05, 4.69) is 15.4 Å². The summed E-state index contributed by atoms with van der Waals surface area (Å²) in [5.74, 6) is 0.210. The lowest BCUT2D eigenvalue weighted by Crippen LogP contribution is -2.25. The third kappa shape index (κ3) is 6.85. The number of carbonyl (C=O) groups is 2. The molecule has 3 N–H and O–H groups in total. The first kappa shape index (κ1) is 24.8. The van der Waals surface area contributed by atoms with Gasteiger partial charge in [-0.1, -0.05) is 6.07 Å². The first-order valence-electron chi connectivity index (χ1n) is 10.8. The van der Waals surface area contributed by atoms with E-state index in [0.29, 0.717) is 42.3 Å². The minimum atomic E-state index is -3.88. The maximum absolute atomic E-state index is 12.9. The number of hydrogen-bond donors (Lipinski definition) is 3. The van der Waals surface area contributed by atoms with Gasteiger partial charge in [0.15, 0.2) is 5.76 Å². The fourth-order valence-electron chi connectivity index (χ4n) is 3.13. The number of aryl methyl sites for hydroxylation is 1. The van der Waals surface area contributed by atoms with Crippen molar-refractivity contribution < 1.29 is 27.2 Å². The van der Waals surface area contributed by atoms with Crippen LogP contribution in [0.25, 0.3) is 0 Å². The van der Waals surface area contributed by atoms with Crippen LogP contribution in [0, 0.1) is 6.92 Å². The lowest BCUT2D eigenvalue weighted by atomic mass is 10.2. The molecule has 2 aromatic carbocycles. The summed E-state index contributed by atoms with van der Waals surface area (Å²) in [5, 5.41) is 5.37. The van der Waals surface area contributed by atoms with Gasteiger partial charge in [0.2, 0.25) is 5.91 Å². The van der Waals surface area contributed by atoms with Crippen molar-refractivity contribution in [3.8, 4) is 5.75 Å². The molecule has 180 valence electrons. The highest BCUT2D eigenvalue weighted by Gasteiger charge is 2.18. The normalized spacial score (nSPS) is 11.0. The molecule has 0 unspecified atom stereocenters. The second-order valence-electron chi connectivity index (χ2n) is 7.43. The summed E-state index contributed by atoms with van der Waals surface area (Å²) in [4.78, 5) is 24.2. The summed E-state index contributed by atoms with van der Waals surface area (Å²) >= 11 is 0. The Bertz CT molecular complexity index is 1220. The average Bonchev–Trinajstić information content (AvgIpc) is 3.34. The van der Waals surface area contributed by atoms with Gasteiger partial charge in [0.25, 0.3) is 15.9 Å². The number of benzene rings is 2. The molecule has 0 radical (unpaired) electrons. The minimum absolute atomic E-state index is 0.0601. The topological polar surface area (TPSA) is 127 Å². The molecule has 0 saturated heterocycles. The molecule has 1 heterocycles. The van der Waals surface area contributed by atoms with Crippen LogP contribution in [0.5, 0.6) is 5.75 Å². The zero-order chi connectivity index (χ0) is 24.6. The van der Waals surface area contributed by atoms with Crippen LogP contribution in [0.4, 0.5) is 11.4 Å². The van der Waals surface area contributed by atoms with Gasteiger partial charge < -0.3 is 19.8 Å². The molecule has 34 heavy (non-hydrogen) atoms. The van der Waals surface area contributed by atoms with E-state index < -0.39 is 10.0 Å². The van der Waals surface area contributed by atoms with Crippen molar-refractivity contribution in [1.82, 2.24) is 5.32 Å². The number of carbonyl (C=O) groups excluding carboxylic acids is 2. The highest BCUT2D eigenvalue weighted by Crippen LogP contribution is 2.24. The standard InChI is InChI=1S/C24H27N3O6S/c1-3-32-20-12-10-18(11-13-20)27-34(30,31)22-16-19(9-8-17(22)2)26-23(28)7-4-14-25-24(29)21-6-5-15-33-21/h5-6,8-13,15-16,27H,3-4,7,14H2,1-2H3,(H,25,29)(H,26,28). The predicted octanol–water partition coefficient (Wildman–Crippen LogP) is 3.94. The van der Waals surface area contributed by atoms with E-state index in [1.807, 2.05) is 6.92 Å². The van der Waals surface area contributed by atoms with Crippen molar-refractivity contribution in [3.63, 3.8) is 0 Å². The fourth-order valence-corrected chi connectivity index (χ4v) is 4.46. The Kier molecular flexibility index (Phi) is 8.31. The molecule has 0 aliphatic rings. The van der Waals surface area contributed by atoms with Crippen LogP contribution < -0.4 is 20.1 Å². The zero-order valence-electron chi connectivity index (χ0n) is 19.0. The van der Waals surface area contributed by atoms with Crippen molar-refractivity contribution in [1.29, 1.82) is 0 Å². The minimum Gasteiger partial charge on any atom is -0.494 e. The largest absolute Gasteiger partial charge is 0.494 e. The number of hydrogen-bond acceptors (Lipinski definition) is 6. The molecule has 0 saturated carbocycles. The van der Waals surface area contributed by atoms with Gasteiger partial charge in [0.1, 0.15) is 5.75 Å². The van der Waals surface area contributed by atoms with Crippen LogP contribution >= 0.6 is 0 Å². The zero-order valence-corrected chi connectivity index (χ0v) is 19.8. The van der Waals surface area contributed by atoms with Gasteiger partial charge in [-0.2, -0.15) is 0 Å². The summed E-state index contributed by atoms with van der Waals surface area (Å²) in [6.45, 7) is 4.36. The van der Waals surface area contributed by atoms with Crippen molar-refractivity contribution in [2.45, 2.75) is 31.6 Å². The SMILES string of the molecule is CCOc1ccc(NS(=O)(=O)c2cc(NC(=O)CCCNC(=O)c3ccco3)ccc2C)cc1. The Morgan fingerprint density at radius 2 is 1.76 bits per heavy atom. The first-order chi connectivity index (χ1) is 16.3. The third-order valence-electron chi connectivity index (χ3n) is 4.79. The van der Waals surface area contributed by atoms with Gasteiger partial charge in [-0.15, -0.1) is 0 Å². The first-order valence-corrected chi connectivity index (χ1v) is 12.2. The Morgan fingerprint density at radius 1 is 1.03 bits per heavy atom. The molecule has 0 spiro atoms. The van der Waals surface area contributed by atoms with Crippen molar-refractivity contribution >= 4 is 33.2 Å². The molecule has 2 amide bonds. The van der Waals surface area contributed by atoms with Crippen LogP contribution in [-0.2, 0) is 14.8 Å². The Hall–Kier alpha value is -3.79. The smallest absolute Gasteiger partial charge is 0.286 e. The second-order valence-corrected chi connectivity index (χ2v) is 9.08. The molecule has 1 aromatic heterocycles. The van der Waals surface area contributed by atoms with E-state index in [0.717, 1.165) is 0 Å². The Labute approximate surface area is 198 Å². The van der Waals surface area contributed by atoms with Crippen LogP contribution in [-0.4, -0.2) is 33.4 Å². The van der Waals surface area contributed by atoms with Crippen LogP contribution in [0.3, 0.4) is 0 Å². The summed E-state index contributed by atoms with van der Waals surface area (Å²) < 4.78 is 38.8. The van der Waals surface area contributed by atoms with E-state index in [1.54, 1.807) is 55.5 Å². The molecule has 10 heteroatoms. The number of amides is 2. The molecule has 0 bridgehead atoms. The molecule has 9 nitrogen and oxygen atoms in total. The summed E-state index contributed by atoms with van der Waals surface area (Å²) in [7, 11) is -3.88.